The van der Waals surface area contributed by atoms with Gasteiger partial charge in [0, 0.05) is 25.3 Å². The monoisotopic (exact) mass is 264 g/mol. The van der Waals surface area contributed by atoms with E-state index in [0.29, 0.717) is 11.3 Å². The van der Waals surface area contributed by atoms with Gasteiger partial charge >= 0.3 is 5.97 Å². The molecular weight excluding hydrogens is 248 g/mol. The second kappa shape index (κ2) is 6.53. The van der Waals surface area contributed by atoms with E-state index in [1.54, 1.807) is 38.4 Å². The van der Waals surface area contributed by atoms with E-state index in [2.05, 4.69) is 10.1 Å². The lowest BCUT2D eigenvalue weighted by molar-refractivity contribution is -0.142. The highest BCUT2D eigenvalue weighted by Crippen LogP contribution is 2.11. The Bertz CT molecular complexity index is 480. The summed E-state index contributed by atoms with van der Waals surface area (Å²) in [4.78, 5) is 35.4. The van der Waals surface area contributed by atoms with Crippen molar-refractivity contribution in [1.82, 2.24) is 4.90 Å². The minimum Gasteiger partial charge on any atom is -0.469 e. The van der Waals surface area contributed by atoms with Gasteiger partial charge in [-0.2, -0.15) is 0 Å². The molecule has 1 aromatic carbocycles. The minimum absolute atomic E-state index is 0.118. The van der Waals surface area contributed by atoms with Crippen LogP contribution in [0.1, 0.15) is 16.8 Å². The zero-order valence-electron chi connectivity index (χ0n) is 11.1. The number of nitrogens with zero attached hydrogens (tertiary/aromatic N) is 1. The molecule has 1 aromatic rings. The molecule has 0 aromatic heterocycles. The highest BCUT2D eigenvalue weighted by Gasteiger charge is 2.11. The highest BCUT2D eigenvalue weighted by atomic mass is 16.5. The molecule has 0 aliphatic rings. The zero-order chi connectivity index (χ0) is 14.4. The van der Waals surface area contributed by atoms with E-state index in [4.69, 9.17) is 0 Å². The number of hydrogen-bond donors (Lipinski definition) is 1. The fourth-order valence-corrected chi connectivity index (χ4v) is 1.36. The van der Waals surface area contributed by atoms with Crippen molar-refractivity contribution in [1.29, 1.82) is 0 Å². The molecule has 0 fully saturated rings. The van der Waals surface area contributed by atoms with E-state index >= 15 is 0 Å². The second-order valence-electron chi connectivity index (χ2n) is 4.08. The van der Waals surface area contributed by atoms with Crippen molar-refractivity contribution in [3.05, 3.63) is 29.8 Å². The van der Waals surface area contributed by atoms with Gasteiger partial charge in [0.2, 0.25) is 5.91 Å². The van der Waals surface area contributed by atoms with Crippen LogP contribution in [0.2, 0.25) is 0 Å². The molecule has 0 atom stereocenters. The normalized spacial score (nSPS) is 9.63. The van der Waals surface area contributed by atoms with Gasteiger partial charge in [0.05, 0.1) is 7.11 Å². The molecule has 2 amide bonds. The Hall–Kier alpha value is -2.37. The number of methoxy groups -OCH3 is 1. The van der Waals surface area contributed by atoms with Gasteiger partial charge in [-0.15, -0.1) is 0 Å². The number of amides is 2. The fourth-order valence-electron chi connectivity index (χ4n) is 1.36. The number of carbonyl (C=O) groups excluding carboxylic acids is 3. The molecule has 1 rings (SSSR count). The molecule has 0 aliphatic carbocycles. The van der Waals surface area contributed by atoms with Crippen LogP contribution < -0.4 is 5.32 Å². The summed E-state index contributed by atoms with van der Waals surface area (Å²) in [6.07, 6.45) is -0.338. The van der Waals surface area contributed by atoms with Gasteiger partial charge in [0.15, 0.2) is 0 Å². The molecule has 6 heteroatoms. The van der Waals surface area contributed by atoms with Crippen molar-refractivity contribution >= 4 is 23.5 Å². The van der Waals surface area contributed by atoms with Crippen LogP contribution in [0.3, 0.4) is 0 Å². The first-order chi connectivity index (χ1) is 8.93. The number of anilines is 1. The van der Waals surface area contributed by atoms with Gasteiger partial charge in [-0.05, 0) is 24.3 Å². The summed E-state index contributed by atoms with van der Waals surface area (Å²) in [5, 5.41) is 2.54. The van der Waals surface area contributed by atoms with Gasteiger partial charge < -0.3 is 15.0 Å². The van der Waals surface area contributed by atoms with E-state index in [1.807, 2.05) is 0 Å². The number of hydrogen-bond acceptors (Lipinski definition) is 4. The third-order valence-corrected chi connectivity index (χ3v) is 2.35. The van der Waals surface area contributed by atoms with Gasteiger partial charge in [-0.3, -0.25) is 14.4 Å². The molecule has 19 heavy (non-hydrogen) atoms. The molecule has 6 nitrogen and oxygen atoms in total. The summed E-state index contributed by atoms with van der Waals surface area (Å²) in [5.74, 6) is -1.18. The van der Waals surface area contributed by atoms with Crippen LogP contribution in [-0.4, -0.2) is 43.9 Å². The van der Waals surface area contributed by atoms with Crippen LogP contribution in [0.25, 0.3) is 0 Å². The van der Waals surface area contributed by atoms with E-state index in [1.165, 1.54) is 12.0 Å². The number of nitrogens with one attached hydrogen (secondary N) is 1. The second-order valence-corrected chi connectivity index (χ2v) is 4.08. The average Bonchev–Trinajstić information content (AvgIpc) is 2.38. The summed E-state index contributed by atoms with van der Waals surface area (Å²) in [7, 11) is 4.54. The molecule has 0 unspecified atom stereocenters. The van der Waals surface area contributed by atoms with Gasteiger partial charge in [-0.25, -0.2) is 0 Å². The lowest BCUT2D eigenvalue weighted by Gasteiger charge is -2.10. The van der Waals surface area contributed by atoms with Crippen LogP contribution in [-0.2, 0) is 14.3 Å². The van der Waals surface area contributed by atoms with Crippen molar-refractivity contribution in [2.45, 2.75) is 6.42 Å². The first kappa shape index (κ1) is 14.7. The number of rotatable bonds is 4. The number of carbonyl (C=O) groups is 3. The van der Waals surface area contributed by atoms with Crippen molar-refractivity contribution in [3.63, 3.8) is 0 Å². The Balaban J connectivity index is 2.65. The van der Waals surface area contributed by atoms with E-state index in [0.717, 1.165) is 0 Å². The van der Waals surface area contributed by atoms with Crippen molar-refractivity contribution in [2.75, 3.05) is 26.5 Å². The van der Waals surface area contributed by atoms with Crippen molar-refractivity contribution in [3.8, 4) is 0 Å². The van der Waals surface area contributed by atoms with Crippen LogP contribution in [0.15, 0.2) is 24.3 Å². The third-order valence-electron chi connectivity index (χ3n) is 2.35. The van der Waals surface area contributed by atoms with Crippen molar-refractivity contribution < 1.29 is 19.1 Å². The quantitative estimate of drug-likeness (QED) is 0.647. The predicted molar refractivity (Wildman–Crippen MR) is 69.7 cm³/mol. The highest BCUT2D eigenvalue weighted by molar-refractivity contribution is 6.02. The molecule has 0 heterocycles. The topological polar surface area (TPSA) is 75.7 Å². The first-order valence-corrected chi connectivity index (χ1v) is 5.62. The summed E-state index contributed by atoms with van der Waals surface area (Å²) >= 11 is 0. The summed E-state index contributed by atoms with van der Waals surface area (Å²) in [5.41, 5.74) is 1.04. The Morgan fingerprint density at radius 1 is 1.16 bits per heavy atom. The number of esters is 1. The van der Waals surface area contributed by atoms with Gasteiger partial charge in [-0.1, -0.05) is 0 Å². The predicted octanol–water partition coefficient (Wildman–Crippen LogP) is 0.890. The number of ether oxygens (including phenoxy) is 1. The average molecular weight is 264 g/mol. The zero-order valence-corrected chi connectivity index (χ0v) is 11.1. The molecule has 0 saturated carbocycles. The van der Waals surface area contributed by atoms with Crippen LogP contribution in [0, 0.1) is 0 Å². The van der Waals surface area contributed by atoms with Crippen LogP contribution in [0.5, 0.6) is 0 Å². The standard InChI is InChI=1S/C13H16N2O4/c1-15(2)13(18)9-4-6-10(7-5-9)14-11(16)8-12(17)19-3/h4-7H,8H2,1-3H3,(H,14,16). The van der Waals surface area contributed by atoms with E-state index < -0.39 is 11.9 Å². The maximum Gasteiger partial charge on any atom is 0.315 e. The molecule has 1 N–H and O–H groups in total. The van der Waals surface area contributed by atoms with Crippen LogP contribution >= 0.6 is 0 Å². The Labute approximate surface area is 111 Å². The molecule has 0 radical (unpaired) electrons. The molecule has 0 aliphatic heterocycles. The maximum atomic E-state index is 11.6. The van der Waals surface area contributed by atoms with Gasteiger partial charge in [0.1, 0.15) is 6.42 Å². The smallest absolute Gasteiger partial charge is 0.315 e. The Morgan fingerprint density at radius 2 is 1.74 bits per heavy atom. The lowest BCUT2D eigenvalue weighted by atomic mass is 10.2. The lowest BCUT2D eigenvalue weighted by Crippen LogP contribution is -2.21. The third kappa shape index (κ3) is 4.42. The Morgan fingerprint density at radius 3 is 2.21 bits per heavy atom. The Kier molecular flexibility index (Phi) is 5.05. The molecule has 102 valence electrons. The van der Waals surface area contributed by atoms with E-state index in [-0.39, 0.29) is 12.3 Å². The molecule has 0 saturated heterocycles. The van der Waals surface area contributed by atoms with Crippen LogP contribution in [0.4, 0.5) is 5.69 Å². The summed E-state index contributed by atoms with van der Waals surface area (Å²) in [6.45, 7) is 0. The SMILES string of the molecule is COC(=O)CC(=O)Nc1ccc(C(=O)N(C)C)cc1. The van der Waals surface area contributed by atoms with Crippen molar-refractivity contribution in [2.24, 2.45) is 0 Å². The first-order valence-electron chi connectivity index (χ1n) is 5.62. The van der Waals surface area contributed by atoms with Gasteiger partial charge in [0.25, 0.3) is 5.91 Å². The minimum atomic E-state index is -0.600. The fraction of sp³-hybridized carbons (Fsp3) is 0.308. The van der Waals surface area contributed by atoms with E-state index in [9.17, 15) is 14.4 Å². The molecule has 0 bridgehead atoms. The summed E-state index contributed by atoms with van der Waals surface area (Å²) in [6, 6.07) is 6.42. The molecular formula is C13H16N2O4. The molecule has 0 spiro atoms. The number of benzene rings is 1. The largest absolute Gasteiger partial charge is 0.469 e. The maximum absolute atomic E-state index is 11.6. The summed E-state index contributed by atoms with van der Waals surface area (Å²) < 4.78 is 4.39.